The maximum atomic E-state index is 11.3. The van der Waals surface area contributed by atoms with Crippen molar-refractivity contribution in [1.29, 1.82) is 0 Å². The molecule has 1 aliphatic heterocycles. The van der Waals surface area contributed by atoms with Crippen LogP contribution in [-0.2, 0) is 9.53 Å². The van der Waals surface area contributed by atoms with Crippen LogP contribution in [0.1, 0.15) is 58.8 Å². The van der Waals surface area contributed by atoms with E-state index in [2.05, 4.69) is 13.0 Å². The molecule has 0 aromatic rings. The summed E-state index contributed by atoms with van der Waals surface area (Å²) >= 11 is 0. The van der Waals surface area contributed by atoms with E-state index in [1.165, 1.54) is 32.1 Å². The Hall–Kier alpha value is -0.790. The molecule has 15 heavy (non-hydrogen) atoms. The van der Waals surface area contributed by atoms with Crippen LogP contribution in [0.5, 0.6) is 0 Å². The summed E-state index contributed by atoms with van der Waals surface area (Å²) in [4.78, 5) is 11.3. The molecule has 1 fully saturated rings. The van der Waals surface area contributed by atoms with Gasteiger partial charge in [-0.25, -0.2) is 4.79 Å². The highest BCUT2D eigenvalue weighted by atomic mass is 16.5. The van der Waals surface area contributed by atoms with Gasteiger partial charge in [0.15, 0.2) is 0 Å². The molecular formula is C13H22O2. The molecule has 1 aliphatic rings. The van der Waals surface area contributed by atoms with Gasteiger partial charge in [-0.1, -0.05) is 38.7 Å². The highest BCUT2D eigenvalue weighted by Crippen LogP contribution is 2.20. The van der Waals surface area contributed by atoms with Crippen LogP contribution >= 0.6 is 0 Å². The summed E-state index contributed by atoms with van der Waals surface area (Å²) < 4.78 is 5.06. The fourth-order valence-corrected chi connectivity index (χ4v) is 1.88. The maximum absolute atomic E-state index is 11.3. The molecule has 1 atom stereocenters. The minimum atomic E-state index is -0.101. The first-order valence-electron chi connectivity index (χ1n) is 6.14. The molecule has 2 heteroatoms. The van der Waals surface area contributed by atoms with Crippen molar-refractivity contribution in [2.45, 2.75) is 64.9 Å². The Morgan fingerprint density at radius 2 is 2.07 bits per heavy atom. The number of hydrogen-bond acceptors (Lipinski definition) is 2. The third-order valence-corrected chi connectivity index (χ3v) is 2.78. The molecule has 0 N–H and O–H groups in total. The highest BCUT2D eigenvalue weighted by Gasteiger charge is 2.24. The minimum Gasteiger partial charge on any atom is -0.459 e. The van der Waals surface area contributed by atoms with Gasteiger partial charge in [0, 0.05) is 12.0 Å². The molecule has 0 radical (unpaired) electrons. The fourth-order valence-electron chi connectivity index (χ4n) is 1.88. The maximum Gasteiger partial charge on any atom is 0.334 e. The van der Waals surface area contributed by atoms with Gasteiger partial charge in [0.2, 0.25) is 0 Å². The summed E-state index contributed by atoms with van der Waals surface area (Å²) in [5, 5.41) is 0. The molecule has 0 spiro atoms. The van der Waals surface area contributed by atoms with Gasteiger partial charge in [-0.05, 0) is 19.8 Å². The average Bonchev–Trinajstić information content (AvgIpc) is 2.51. The van der Waals surface area contributed by atoms with Crippen LogP contribution in [0.2, 0.25) is 0 Å². The molecule has 1 heterocycles. The second-order valence-electron chi connectivity index (χ2n) is 4.35. The van der Waals surface area contributed by atoms with Crippen molar-refractivity contribution in [3.05, 3.63) is 11.6 Å². The van der Waals surface area contributed by atoms with Crippen molar-refractivity contribution in [3.63, 3.8) is 0 Å². The van der Waals surface area contributed by atoms with E-state index < -0.39 is 0 Å². The van der Waals surface area contributed by atoms with E-state index >= 15 is 0 Å². The SMILES string of the molecule is CCCCCCC/C=C1\CC(C)OC1=O. The van der Waals surface area contributed by atoms with E-state index in [9.17, 15) is 4.79 Å². The summed E-state index contributed by atoms with van der Waals surface area (Å²) in [5.74, 6) is -0.101. The number of carbonyl (C=O) groups excluding carboxylic acids is 1. The van der Waals surface area contributed by atoms with Crippen molar-refractivity contribution in [1.82, 2.24) is 0 Å². The molecule has 0 aromatic carbocycles. The van der Waals surface area contributed by atoms with Crippen molar-refractivity contribution >= 4 is 5.97 Å². The molecule has 1 unspecified atom stereocenters. The number of carbonyl (C=O) groups is 1. The van der Waals surface area contributed by atoms with Gasteiger partial charge in [-0.2, -0.15) is 0 Å². The van der Waals surface area contributed by atoms with Crippen LogP contribution in [0.15, 0.2) is 11.6 Å². The largest absolute Gasteiger partial charge is 0.459 e. The van der Waals surface area contributed by atoms with Crippen LogP contribution < -0.4 is 0 Å². The van der Waals surface area contributed by atoms with Crippen molar-refractivity contribution < 1.29 is 9.53 Å². The first kappa shape index (κ1) is 12.3. The minimum absolute atomic E-state index is 0.0869. The van der Waals surface area contributed by atoms with Crippen LogP contribution in [0.25, 0.3) is 0 Å². The van der Waals surface area contributed by atoms with Gasteiger partial charge >= 0.3 is 5.97 Å². The normalized spacial score (nSPS) is 23.5. The zero-order valence-corrected chi connectivity index (χ0v) is 9.92. The zero-order valence-electron chi connectivity index (χ0n) is 9.92. The first-order valence-corrected chi connectivity index (χ1v) is 6.14. The molecule has 1 saturated heterocycles. The van der Waals surface area contributed by atoms with Crippen molar-refractivity contribution in [2.24, 2.45) is 0 Å². The van der Waals surface area contributed by atoms with Gasteiger partial charge in [0.1, 0.15) is 6.10 Å². The summed E-state index contributed by atoms with van der Waals surface area (Å²) in [6, 6.07) is 0. The molecule has 1 rings (SSSR count). The summed E-state index contributed by atoms with van der Waals surface area (Å²) in [7, 11) is 0. The Balaban J connectivity index is 2.12. The lowest BCUT2D eigenvalue weighted by Crippen LogP contribution is -1.99. The predicted octanol–water partition coefficient (Wildman–Crippen LogP) is 3.61. The molecule has 0 bridgehead atoms. The average molecular weight is 210 g/mol. The third kappa shape index (κ3) is 4.50. The van der Waals surface area contributed by atoms with Crippen molar-refractivity contribution in [3.8, 4) is 0 Å². The fraction of sp³-hybridized carbons (Fsp3) is 0.769. The Morgan fingerprint density at radius 1 is 1.33 bits per heavy atom. The van der Waals surface area contributed by atoms with Gasteiger partial charge in [-0.15, -0.1) is 0 Å². The lowest BCUT2D eigenvalue weighted by atomic mass is 10.1. The monoisotopic (exact) mass is 210 g/mol. The predicted molar refractivity (Wildman–Crippen MR) is 61.6 cm³/mol. The van der Waals surface area contributed by atoms with E-state index in [0.717, 1.165) is 18.4 Å². The second-order valence-corrected chi connectivity index (χ2v) is 4.35. The summed E-state index contributed by atoms with van der Waals surface area (Å²) in [6.07, 6.45) is 10.4. The first-order chi connectivity index (χ1) is 7.24. The lowest BCUT2D eigenvalue weighted by Gasteiger charge is -1.96. The number of hydrogen-bond donors (Lipinski definition) is 0. The molecule has 0 aromatic heterocycles. The van der Waals surface area contributed by atoms with E-state index in [4.69, 9.17) is 4.74 Å². The number of cyclic esters (lactones) is 1. The van der Waals surface area contributed by atoms with E-state index in [1.807, 2.05) is 6.92 Å². The van der Waals surface area contributed by atoms with E-state index in [0.29, 0.717) is 0 Å². The highest BCUT2D eigenvalue weighted by molar-refractivity contribution is 5.90. The Labute approximate surface area is 92.7 Å². The van der Waals surface area contributed by atoms with Crippen LogP contribution in [-0.4, -0.2) is 12.1 Å². The zero-order chi connectivity index (χ0) is 11.1. The Bertz CT molecular complexity index is 231. The van der Waals surface area contributed by atoms with E-state index in [1.54, 1.807) is 0 Å². The second kappa shape index (κ2) is 6.65. The van der Waals surface area contributed by atoms with Crippen LogP contribution in [0.3, 0.4) is 0 Å². The van der Waals surface area contributed by atoms with Gasteiger partial charge in [0.05, 0.1) is 0 Å². The van der Waals surface area contributed by atoms with E-state index in [-0.39, 0.29) is 12.1 Å². The van der Waals surface area contributed by atoms with Gasteiger partial charge < -0.3 is 4.74 Å². The Morgan fingerprint density at radius 3 is 2.67 bits per heavy atom. The topological polar surface area (TPSA) is 26.3 Å². The third-order valence-electron chi connectivity index (χ3n) is 2.78. The summed E-state index contributed by atoms with van der Waals surface area (Å²) in [5.41, 5.74) is 0.887. The van der Waals surface area contributed by atoms with Gasteiger partial charge in [-0.3, -0.25) is 0 Å². The molecule has 0 saturated carbocycles. The number of ether oxygens (including phenoxy) is 1. The van der Waals surface area contributed by atoms with Crippen LogP contribution in [0, 0.1) is 0 Å². The molecule has 0 amide bonds. The molecular weight excluding hydrogens is 188 g/mol. The number of unbranched alkanes of at least 4 members (excludes halogenated alkanes) is 5. The molecule has 2 nitrogen and oxygen atoms in total. The molecule has 86 valence electrons. The Kier molecular flexibility index (Phi) is 5.44. The van der Waals surface area contributed by atoms with Crippen LogP contribution in [0.4, 0.5) is 0 Å². The number of esters is 1. The van der Waals surface area contributed by atoms with Gasteiger partial charge in [0.25, 0.3) is 0 Å². The smallest absolute Gasteiger partial charge is 0.334 e. The molecule has 0 aliphatic carbocycles. The quantitative estimate of drug-likeness (QED) is 0.380. The van der Waals surface area contributed by atoms with Crippen molar-refractivity contribution in [2.75, 3.05) is 0 Å². The standard InChI is InChI=1S/C13H22O2/c1-3-4-5-6-7-8-9-12-10-11(2)15-13(12)14/h9,11H,3-8,10H2,1-2H3/b12-9+. The number of allylic oxidation sites excluding steroid dienone is 1. The summed E-state index contributed by atoms with van der Waals surface area (Å²) in [6.45, 7) is 4.16. The number of rotatable bonds is 6. The lowest BCUT2D eigenvalue weighted by molar-refractivity contribution is -0.138.